The second-order valence-electron chi connectivity index (χ2n) is 3.55. The van der Waals surface area contributed by atoms with Crippen LogP contribution in [0.25, 0.3) is 0 Å². The number of nitrogens with one attached hydrogen (secondary N) is 2. The average Bonchev–Trinajstić information content (AvgIpc) is 2.46. The summed E-state index contributed by atoms with van der Waals surface area (Å²) < 4.78 is 4.48. The molecule has 0 saturated carbocycles. The standard InChI is InChI=1S/C11H10N6O4/c1-21-11(18)9-6(3-2-4-8(9)17(19)20)15-16-7(5-12)10(13)14/h2-4,15H,1H3,(H3,13,14)/b16-7+. The summed E-state index contributed by atoms with van der Waals surface area (Å²) >= 11 is 0. The molecule has 1 aromatic rings. The van der Waals surface area contributed by atoms with Gasteiger partial charge in [0.15, 0.2) is 11.4 Å². The zero-order chi connectivity index (χ0) is 16.0. The number of hydrogen-bond acceptors (Lipinski definition) is 8. The van der Waals surface area contributed by atoms with Crippen molar-refractivity contribution < 1.29 is 14.5 Å². The fraction of sp³-hybridized carbons (Fsp3) is 0.0909. The molecule has 4 N–H and O–H groups in total. The van der Waals surface area contributed by atoms with E-state index in [-0.39, 0.29) is 11.3 Å². The summed E-state index contributed by atoms with van der Waals surface area (Å²) in [6.45, 7) is 0. The van der Waals surface area contributed by atoms with Crippen LogP contribution in [-0.2, 0) is 4.74 Å². The zero-order valence-electron chi connectivity index (χ0n) is 10.8. The maximum absolute atomic E-state index is 11.7. The first kappa shape index (κ1) is 15.6. The molecule has 21 heavy (non-hydrogen) atoms. The van der Waals surface area contributed by atoms with E-state index >= 15 is 0 Å². The molecule has 0 aliphatic carbocycles. The van der Waals surface area contributed by atoms with E-state index in [0.717, 1.165) is 13.2 Å². The van der Waals surface area contributed by atoms with E-state index in [1.807, 2.05) is 0 Å². The maximum Gasteiger partial charge on any atom is 0.347 e. The Labute approximate surface area is 118 Å². The van der Waals surface area contributed by atoms with Crippen LogP contribution in [0, 0.1) is 26.9 Å². The minimum atomic E-state index is -0.943. The molecule has 0 saturated heterocycles. The molecule has 10 heteroatoms. The third-order valence-electron chi connectivity index (χ3n) is 2.28. The minimum absolute atomic E-state index is 0.0509. The number of nitro benzene ring substituents is 1. The van der Waals surface area contributed by atoms with Crippen molar-refractivity contribution in [2.24, 2.45) is 10.8 Å². The first-order valence-corrected chi connectivity index (χ1v) is 5.36. The van der Waals surface area contributed by atoms with Gasteiger partial charge in [-0.25, -0.2) is 4.79 Å². The normalized spacial score (nSPS) is 10.4. The van der Waals surface area contributed by atoms with Gasteiger partial charge in [-0.2, -0.15) is 10.4 Å². The summed E-state index contributed by atoms with van der Waals surface area (Å²) in [5, 5.41) is 30.2. The van der Waals surface area contributed by atoms with E-state index in [0.29, 0.717) is 0 Å². The molecule has 0 unspecified atom stereocenters. The maximum atomic E-state index is 11.7. The minimum Gasteiger partial charge on any atom is -0.465 e. The quantitative estimate of drug-likeness (QED) is 0.234. The predicted molar refractivity (Wildman–Crippen MR) is 73.0 cm³/mol. The number of carbonyl (C=O) groups is 1. The summed E-state index contributed by atoms with van der Waals surface area (Å²) in [5.41, 5.74) is 6.08. The molecule has 1 aromatic carbocycles. The monoisotopic (exact) mass is 290 g/mol. The summed E-state index contributed by atoms with van der Waals surface area (Å²) in [7, 11) is 1.07. The summed E-state index contributed by atoms with van der Waals surface area (Å²) in [6.07, 6.45) is 0. The van der Waals surface area contributed by atoms with Crippen LogP contribution in [0.4, 0.5) is 11.4 Å². The van der Waals surface area contributed by atoms with E-state index in [2.05, 4.69) is 15.3 Å². The number of anilines is 1. The summed E-state index contributed by atoms with van der Waals surface area (Å²) in [6, 6.07) is 5.33. The first-order chi connectivity index (χ1) is 9.92. The molecule has 0 aromatic heterocycles. The molecule has 0 amide bonds. The summed E-state index contributed by atoms with van der Waals surface area (Å²) in [5.74, 6) is -1.53. The lowest BCUT2D eigenvalue weighted by molar-refractivity contribution is -0.385. The van der Waals surface area contributed by atoms with Gasteiger partial charge < -0.3 is 10.5 Å². The van der Waals surface area contributed by atoms with Crippen molar-refractivity contribution in [1.29, 1.82) is 10.7 Å². The fourth-order valence-electron chi connectivity index (χ4n) is 1.36. The average molecular weight is 290 g/mol. The number of hydrogen-bond donors (Lipinski definition) is 3. The van der Waals surface area contributed by atoms with Crippen molar-refractivity contribution >= 4 is 28.9 Å². The summed E-state index contributed by atoms with van der Waals surface area (Å²) in [4.78, 5) is 21.8. The molecular weight excluding hydrogens is 280 g/mol. The van der Waals surface area contributed by atoms with Crippen molar-refractivity contribution in [2.75, 3.05) is 12.5 Å². The van der Waals surface area contributed by atoms with Gasteiger partial charge in [0.05, 0.1) is 17.7 Å². The Morgan fingerprint density at radius 3 is 2.76 bits per heavy atom. The van der Waals surface area contributed by atoms with Gasteiger partial charge in [0.2, 0.25) is 5.71 Å². The van der Waals surface area contributed by atoms with Crippen molar-refractivity contribution in [1.82, 2.24) is 0 Å². The van der Waals surface area contributed by atoms with Crippen LogP contribution in [0.1, 0.15) is 10.4 Å². The third kappa shape index (κ3) is 3.51. The van der Waals surface area contributed by atoms with Crippen molar-refractivity contribution in [3.8, 4) is 6.07 Å². The smallest absolute Gasteiger partial charge is 0.347 e. The molecule has 0 aliphatic heterocycles. The highest BCUT2D eigenvalue weighted by Gasteiger charge is 2.24. The van der Waals surface area contributed by atoms with Gasteiger partial charge in [-0.1, -0.05) is 6.07 Å². The van der Waals surface area contributed by atoms with E-state index in [9.17, 15) is 14.9 Å². The van der Waals surface area contributed by atoms with Gasteiger partial charge in [-0.15, -0.1) is 0 Å². The number of nitrogens with zero attached hydrogens (tertiary/aromatic N) is 3. The fourth-order valence-corrected chi connectivity index (χ4v) is 1.36. The largest absolute Gasteiger partial charge is 0.465 e. The third-order valence-corrected chi connectivity index (χ3v) is 2.28. The van der Waals surface area contributed by atoms with Crippen molar-refractivity contribution in [3.63, 3.8) is 0 Å². The van der Waals surface area contributed by atoms with Gasteiger partial charge in [0.1, 0.15) is 6.07 Å². The van der Waals surface area contributed by atoms with Crippen molar-refractivity contribution in [2.45, 2.75) is 0 Å². The van der Waals surface area contributed by atoms with E-state index in [1.165, 1.54) is 12.1 Å². The molecule has 108 valence electrons. The number of ether oxygens (including phenoxy) is 1. The lowest BCUT2D eigenvalue weighted by Crippen LogP contribution is -2.22. The van der Waals surface area contributed by atoms with Crippen LogP contribution in [0.3, 0.4) is 0 Å². The number of carbonyl (C=O) groups excluding carboxylic acids is 1. The van der Waals surface area contributed by atoms with Crippen LogP contribution in [0.15, 0.2) is 23.3 Å². The Kier molecular flexibility index (Phi) is 4.91. The number of benzene rings is 1. The van der Waals surface area contributed by atoms with E-state index in [4.69, 9.17) is 16.4 Å². The second kappa shape index (κ2) is 6.62. The SMILES string of the molecule is COC(=O)c1c(N/N=C(\C#N)C(=N)N)cccc1[N+](=O)[O-]. The number of esters is 1. The molecule has 10 nitrogen and oxygen atoms in total. The predicted octanol–water partition coefficient (Wildman–Crippen LogP) is 0.609. The molecule has 0 atom stereocenters. The van der Waals surface area contributed by atoms with Crippen LogP contribution in [-0.4, -0.2) is 29.5 Å². The second-order valence-corrected chi connectivity index (χ2v) is 3.55. The van der Waals surface area contributed by atoms with Crippen LogP contribution >= 0.6 is 0 Å². The lowest BCUT2D eigenvalue weighted by atomic mass is 10.1. The molecular formula is C11H10N6O4. The van der Waals surface area contributed by atoms with Gasteiger partial charge in [0.25, 0.3) is 5.69 Å². The number of rotatable bonds is 5. The van der Waals surface area contributed by atoms with Gasteiger partial charge in [-0.3, -0.25) is 20.9 Å². The van der Waals surface area contributed by atoms with E-state index in [1.54, 1.807) is 6.07 Å². The molecule has 0 radical (unpaired) electrons. The van der Waals surface area contributed by atoms with E-state index < -0.39 is 28.1 Å². The Balaban J connectivity index is 3.34. The van der Waals surface area contributed by atoms with Gasteiger partial charge in [-0.05, 0) is 6.07 Å². The highest BCUT2D eigenvalue weighted by atomic mass is 16.6. The van der Waals surface area contributed by atoms with Gasteiger partial charge >= 0.3 is 5.97 Å². The number of amidine groups is 1. The molecule has 0 fully saturated rings. The topological polar surface area (TPSA) is 167 Å². The van der Waals surface area contributed by atoms with Crippen LogP contribution in [0.2, 0.25) is 0 Å². The molecule has 0 bridgehead atoms. The lowest BCUT2D eigenvalue weighted by Gasteiger charge is -2.07. The molecule has 0 aliphatic rings. The Hall–Kier alpha value is -3.48. The number of hydrazone groups is 1. The highest BCUT2D eigenvalue weighted by molar-refractivity contribution is 6.45. The van der Waals surface area contributed by atoms with Crippen molar-refractivity contribution in [3.05, 3.63) is 33.9 Å². The molecule has 1 rings (SSSR count). The van der Waals surface area contributed by atoms with Gasteiger partial charge in [0, 0.05) is 6.07 Å². The number of methoxy groups -OCH3 is 1. The Morgan fingerprint density at radius 1 is 1.62 bits per heavy atom. The number of nitrogens with two attached hydrogens (primary N) is 1. The molecule has 0 heterocycles. The van der Waals surface area contributed by atoms with Crippen LogP contribution < -0.4 is 11.2 Å². The molecule has 0 spiro atoms. The Bertz CT molecular complexity index is 676. The van der Waals surface area contributed by atoms with Crippen LogP contribution in [0.5, 0.6) is 0 Å². The number of nitriles is 1. The highest BCUT2D eigenvalue weighted by Crippen LogP contribution is 2.27. The first-order valence-electron chi connectivity index (χ1n) is 5.36. The Morgan fingerprint density at radius 2 is 2.29 bits per heavy atom. The number of nitro groups is 1. The zero-order valence-corrected chi connectivity index (χ0v) is 10.8.